The molecule has 2 aromatic rings. The molecule has 2 aromatic carbocycles. The number of sulfonamides is 1. The van der Waals surface area contributed by atoms with Crippen LogP contribution in [0.4, 0.5) is 0 Å². The zero-order chi connectivity index (χ0) is 21.6. The van der Waals surface area contributed by atoms with E-state index in [4.69, 9.17) is 0 Å². The molecule has 1 heterocycles. The Kier molecular flexibility index (Phi) is 5.39. The third-order valence-electron chi connectivity index (χ3n) is 7.62. The summed E-state index contributed by atoms with van der Waals surface area (Å²) in [5, 5.41) is 3.15. The van der Waals surface area contributed by atoms with Crippen LogP contribution in [0.1, 0.15) is 54.1 Å². The van der Waals surface area contributed by atoms with Gasteiger partial charge >= 0.3 is 0 Å². The standard InChI is InChI=1S/C25H30N2O3S/c1-17(24-14-18-9-10-20(24)13-18)26-25(28)21-7-4-8-23(15-21)31(29,30)27-12-11-19-5-2-3-6-22(19)16-27/h2-8,15,17-18,20,24H,9-14,16H2,1H3,(H,26,28). The zero-order valence-corrected chi connectivity index (χ0v) is 18.8. The number of rotatable bonds is 5. The van der Waals surface area contributed by atoms with Gasteiger partial charge in [-0.25, -0.2) is 8.42 Å². The molecule has 1 N–H and O–H groups in total. The van der Waals surface area contributed by atoms with Gasteiger partial charge in [-0.15, -0.1) is 0 Å². The van der Waals surface area contributed by atoms with Gasteiger partial charge in [0.25, 0.3) is 5.91 Å². The molecule has 164 valence electrons. The van der Waals surface area contributed by atoms with Gasteiger partial charge in [0.15, 0.2) is 0 Å². The normalized spacial score (nSPS) is 26.4. The summed E-state index contributed by atoms with van der Waals surface area (Å²) >= 11 is 0. The van der Waals surface area contributed by atoms with Crippen LogP contribution in [0.15, 0.2) is 53.4 Å². The molecule has 5 rings (SSSR count). The predicted molar refractivity (Wildman–Crippen MR) is 120 cm³/mol. The number of carbonyl (C=O) groups is 1. The van der Waals surface area contributed by atoms with Crippen molar-refractivity contribution in [2.45, 2.75) is 56.5 Å². The second-order valence-electron chi connectivity index (χ2n) is 9.49. The van der Waals surface area contributed by atoms with Gasteiger partial charge in [-0.1, -0.05) is 36.8 Å². The number of hydrogen-bond acceptors (Lipinski definition) is 3. The van der Waals surface area contributed by atoms with E-state index in [0.29, 0.717) is 31.0 Å². The van der Waals surface area contributed by atoms with E-state index in [-0.39, 0.29) is 16.8 Å². The van der Waals surface area contributed by atoms with Crippen LogP contribution in [0, 0.1) is 17.8 Å². The molecule has 4 unspecified atom stereocenters. The molecule has 0 spiro atoms. The second-order valence-corrected chi connectivity index (χ2v) is 11.4. The first-order valence-electron chi connectivity index (χ1n) is 11.4. The lowest BCUT2D eigenvalue weighted by Crippen LogP contribution is -2.40. The molecular weight excluding hydrogens is 408 g/mol. The molecule has 0 aromatic heterocycles. The molecule has 2 saturated carbocycles. The van der Waals surface area contributed by atoms with Gasteiger partial charge in [0, 0.05) is 24.7 Å². The Bertz CT molecular complexity index is 1100. The fourth-order valence-electron chi connectivity index (χ4n) is 5.93. The van der Waals surface area contributed by atoms with Crippen molar-refractivity contribution < 1.29 is 13.2 Å². The van der Waals surface area contributed by atoms with Gasteiger partial charge in [-0.3, -0.25) is 4.79 Å². The Labute approximate surface area is 184 Å². The molecular formula is C25H30N2O3S. The fourth-order valence-corrected chi connectivity index (χ4v) is 7.39. The summed E-state index contributed by atoms with van der Waals surface area (Å²) in [6, 6.07) is 14.6. The van der Waals surface area contributed by atoms with E-state index in [1.807, 2.05) is 18.2 Å². The highest BCUT2D eigenvalue weighted by Crippen LogP contribution is 2.49. The quantitative estimate of drug-likeness (QED) is 0.768. The van der Waals surface area contributed by atoms with Crippen molar-refractivity contribution >= 4 is 15.9 Å². The number of fused-ring (bicyclic) bond motifs is 3. The second kappa shape index (κ2) is 8.06. The molecule has 1 amide bonds. The maximum atomic E-state index is 13.3. The topological polar surface area (TPSA) is 66.5 Å². The van der Waals surface area contributed by atoms with Gasteiger partial charge in [0.05, 0.1) is 4.90 Å². The summed E-state index contributed by atoms with van der Waals surface area (Å²) in [6.07, 6.45) is 5.83. The lowest BCUT2D eigenvalue weighted by atomic mass is 9.84. The van der Waals surface area contributed by atoms with E-state index in [0.717, 1.165) is 17.4 Å². The Morgan fingerprint density at radius 3 is 2.61 bits per heavy atom. The van der Waals surface area contributed by atoms with E-state index in [9.17, 15) is 13.2 Å². The third-order valence-corrected chi connectivity index (χ3v) is 9.46. The summed E-state index contributed by atoms with van der Waals surface area (Å²) in [4.78, 5) is 13.1. The molecule has 2 aliphatic carbocycles. The number of benzene rings is 2. The van der Waals surface area contributed by atoms with Gasteiger partial charge in [-0.2, -0.15) is 4.31 Å². The number of carbonyl (C=O) groups excluding carboxylic acids is 1. The summed E-state index contributed by atoms with van der Waals surface area (Å²) in [5.74, 6) is 1.92. The monoisotopic (exact) mass is 438 g/mol. The first-order valence-corrected chi connectivity index (χ1v) is 12.8. The van der Waals surface area contributed by atoms with E-state index in [2.05, 4.69) is 18.3 Å². The summed E-state index contributed by atoms with van der Waals surface area (Å²) in [6.45, 7) is 2.92. The number of amides is 1. The van der Waals surface area contributed by atoms with Crippen molar-refractivity contribution in [3.05, 3.63) is 65.2 Å². The van der Waals surface area contributed by atoms with E-state index in [1.54, 1.807) is 18.2 Å². The minimum absolute atomic E-state index is 0.113. The predicted octanol–water partition coefficient (Wildman–Crippen LogP) is 3.99. The first-order chi connectivity index (χ1) is 14.9. The Morgan fingerprint density at radius 2 is 1.87 bits per heavy atom. The highest BCUT2D eigenvalue weighted by atomic mass is 32.2. The van der Waals surface area contributed by atoms with E-state index < -0.39 is 10.0 Å². The smallest absolute Gasteiger partial charge is 0.251 e. The average Bonchev–Trinajstić information content (AvgIpc) is 3.43. The molecule has 2 fully saturated rings. The molecule has 3 aliphatic rings. The molecule has 6 heteroatoms. The van der Waals surface area contributed by atoms with Crippen molar-refractivity contribution in [1.82, 2.24) is 9.62 Å². The van der Waals surface area contributed by atoms with Gasteiger partial charge < -0.3 is 5.32 Å². The first kappa shape index (κ1) is 20.7. The van der Waals surface area contributed by atoms with Crippen LogP contribution < -0.4 is 5.32 Å². The van der Waals surface area contributed by atoms with Crippen molar-refractivity contribution in [2.75, 3.05) is 6.54 Å². The molecule has 31 heavy (non-hydrogen) atoms. The highest BCUT2D eigenvalue weighted by molar-refractivity contribution is 7.89. The van der Waals surface area contributed by atoms with E-state index >= 15 is 0 Å². The maximum Gasteiger partial charge on any atom is 0.251 e. The van der Waals surface area contributed by atoms with E-state index in [1.165, 1.54) is 41.6 Å². The van der Waals surface area contributed by atoms with Crippen molar-refractivity contribution in [1.29, 1.82) is 0 Å². The van der Waals surface area contributed by atoms with Gasteiger partial charge in [0.2, 0.25) is 10.0 Å². The van der Waals surface area contributed by atoms with Crippen LogP contribution in [-0.4, -0.2) is 31.2 Å². The van der Waals surface area contributed by atoms with Crippen LogP contribution >= 0.6 is 0 Å². The SMILES string of the molecule is CC(NC(=O)c1cccc(S(=O)(=O)N2CCc3ccccc3C2)c1)C1CC2CCC1C2. The average molecular weight is 439 g/mol. The third kappa shape index (κ3) is 3.92. The van der Waals surface area contributed by atoms with Crippen LogP contribution in [-0.2, 0) is 23.0 Å². The molecule has 0 radical (unpaired) electrons. The summed E-state index contributed by atoms with van der Waals surface area (Å²) in [5.41, 5.74) is 2.66. The molecule has 2 bridgehead atoms. The summed E-state index contributed by atoms with van der Waals surface area (Å²) in [7, 11) is -3.66. The fraction of sp³-hybridized carbons (Fsp3) is 0.480. The lowest BCUT2D eigenvalue weighted by Gasteiger charge is -2.29. The Morgan fingerprint density at radius 1 is 1.06 bits per heavy atom. The molecule has 1 aliphatic heterocycles. The zero-order valence-electron chi connectivity index (χ0n) is 18.0. The van der Waals surface area contributed by atoms with Gasteiger partial charge in [0.1, 0.15) is 0 Å². The van der Waals surface area contributed by atoms with Crippen LogP contribution in [0.2, 0.25) is 0 Å². The number of nitrogens with one attached hydrogen (secondary N) is 1. The van der Waals surface area contributed by atoms with Crippen LogP contribution in [0.3, 0.4) is 0 Å². The van der Waals surface area contributed by atoms with Crippen molar-refractivity contribution in [3.63, 3.8) is 0 Å². The van der Waals surface area contributed by atoms with Gasteiger partial charge in [-0.05, 0) is 79.7 Å². The van der Waals surface area contributed by atoms with Crippen LogP contribution in [0.5, 0.6) is 0 Å². The Hall–Kier alpha value is -2.18. The number of nitrogens with zero attached hydrogens (tertiary/aromatic N) is 1. The maximum absolute atomic E-state index is 13.3. The number of hydrogen-bond donors (Lipinski definition) is 1. The molecule has 4 atom stereocenters. The van der Waals surface area contributed by atoms with Crippen molar-refractivity contribution in [3.8, 4) is 0 Å². The van der Waals surface area contributed by atoms with Crippen LogP contribution in [0.25, 0.3) is 0 Å². The lowest BCUT2D eigenvalue weighted by molar-refractivity contribution is 0.0915. The largest absolute Gasteiger partial charge is 0.349 e. The molecule has 0 saturated heterocycles. The minimum Gasteiger partial charge on any atom is -0.349 e. The molecule has 5 nitrogen and oxygen atoms in total. The Balaban J connectivity index is 1.31. The van der Waals surface area contributed by atoms with Crippen molar-refractivity contribution in [2.24, 2.45) is 17.8 Å². The highest BCUT2D eigenvalue weighted by Gasteiger charge is 2.42. The minimum atomic E-state index is -3.66. The summed E-state index contributed by atoms with van der Waals surface area (Å²) < 4.78 is 28.1.